The van der Waals surface area contributed by atoms with E-state index in [9.17, 15) is 19.3 Å². The third-order valence-corrected chi connectivity index (χ3v) is 3.64. The first-order valence-electron chi connectivity index (χ1n) is 6.33. The molecule has 1 aliphatic heterocycles. The summed E-state index contributed by atoms with van der Waals surface area (Å²) < 4.78 is 13.5. The van der Waals surface area contributed by atoms with E-state index in [1.165, 1.54) is 6.07 Å². The van der Waals surface area contributed by atoms with E-state index < -0.39 is 16.4 Å². The highest BCUT2D eigenvalue weighted by atomic mass is 19.1. The molecule has 0 aliphatic carbocycles. The van der Waals surface area contributed by atoms with E-state index >= 15 is 0 Å². The Labute approximate surface area is 115 Å². The zero-order valence-electron chi connectivity index (χ0n) is 11.4. The van der Waals surface area contributed by atoms with E-state index in [0.717, 1.165) is 18.7 Å². The lowest BCUT2D eigenvalue weighted by Gasteiger charge is -2.37. The molecule has 1 saturated heterocycles. The first-order chi connectivity index (χ1) is 9.40. The molecule has 1 fully saturated rings. The standard InChI is InChI=1S/C13H16FN3O3/c1-9-8-16(6-5-15(9)2)13(18)10-3-4-12(17(19)20)11(14)7-10/h3-4,7,9H,5-6,8H2,1-2H3. The summed E-state index contributed by atoms with van der Waals surface area (Å²) in [6, 6.07) is 3.49. The van der Waals surface area contributed by atoms with Crippen molar-refractivity contribution in [2.45, 2.75) is 13.0 Å². The van der Waals surface area contributed by atoms with E-state index in [1.54, 1.807) is 4.90 Å². The zero-order chi connectivity index (χ0) is 14.9. The third-order valence-electron chi connectivity index (χ3n) is 3.64. The summed E-state index contributed by atoms with van der Waals surface area (Å²) in [5.74, 6) is -1.28. The number of likely N-dealkylation sites (N-methyl/N-ethyl adjacent to an activating group) is 1. The van der Waals surface area contributed by atoms with E-state index in [2.05, 4.69) is 4.90 Å². The zero-order valence-corrected chi connectivity index (χ0v) is 11.4. The van der Waals surface area contributed by atoms with Gasteiger partial charge in [-0.15, -0.1) is 0 Å². The first kappa shape index (κ1) is 14.4. The van der Waals surface area contributed by atoms with Gasteiger partial charge in [0.25, 0.3) is 5.91 Å². The highest BCUT2D eigenvalue weighted by Gasteiger charge is 2.26. The van der Waals surface area contributed by atoms with Gasteiger partial charge in [0.15, 0.2) is 0 Å². The Morgan fingerprint density at radius 1 is 1.45 bits per heavy atom. The fourth-order valence-electron chi connectivity index (χ4n) is 2.20. The first-order valence-corrected chi connectivity index (χ1v) is 6.33. The van der Waals surface area contributed by atoms with Gasteiger partial charge >= 0.3 is 5.69 Å². The van der Waals surface area contributed by atoms with Crippen molar-refractivity contribution in [3.05, 3.63) is 39.7 Å². The van der Waals surface area contributed by atoms with Crippen molar-refractivity contribution in [1.82, 2.24) is 9.80 Å². The Morgan fingerprint density at radius 3 is 2.70 bits per heavy atom. The molecule has 1 unspecified atom stereocenters. The molecule has 20 heavy (non-hydrogen) atoms. The molecule has 1 aromatic carbocycles. The SMILES string of the molecule is CC1CN(C(=O)c2ccc([N+](=O)[O-])c(F)c2)CCN1C. The van der Waals surface area contributed by atoms with Crippen molar-refractivity contribution >= 4 is 11.6 Å². The Bertz CT molecular complexity index is 550. The molecule has 0 spiro atoms. The van der Waals surface area contributed by atoms with Crippen LogP contribution in [0.15, 0.2) is 18.2 Å². The van der Waals surface area contributed by atoms with Gasteiger partial charge in [-0.25, -0.2) is 0 Å². The Morgan fingerprint density at radius 2 is 2.15 bits per heavy atom. The second-order valence-electron chi connectivity index (χ2n) is 5.00. The second kappa shape index (κ2) is 5.54. The smallest absolute Gasteiger partial charge is 0.304 e. The molecule has 6 nitrogen and oxygen atoms in total. The molecule has 1 aliphatic rings. The molecule has 0 aromatic heterocycles. The van der Waals surface area contributed by atoms with Crippen LogP contribution in [-0.4, -0.2) is 53.4 Å². The van der Waals surface area contributed by atoms with Gasteiger partial charge in [0.1, 0.15) is 0 Å². The van der Waals surface area contributed by atoms with Crippen LogP contribution >= 0.6 is 0 Å². The van der Waals surface area contributed by atoms with Gasteiger partial charge in [0.2, 0.25) is 5.82 Å². The van der Waals surface area contributed by atoms with Crippen LogP contribution in [0.25, 0.3) is 0 Å². The van der Waals surface area contributed by atoms with E-state index in [1.807, 2.05) is 14.0 Å². The van der Waals surface area contributed by atoms with Crippen LogP contribution in [0.4, 0.5) is 10.1 Å². The summed E-state index contributed by atoms with van der Waals surface area (Å²) in [6.07, 6.45) is 0. The highest BCUT2D eigenvalue weighted by molar-refractivity contribution is 5.94. The maximum absolute atomic E-state index is 13.5. The van der Waals surface area contributed by atoms with Crippen molar-refractivity contribution in [3.8, 4) is 0 Å². The predicted octanol–water partition coefficient (Wildman–Crippen LogP) is 1.51. The van der Waals surface area contributed by atoms with Gasteiger partial charge in [-0.05, 0) is 26.1 Å². The van der Waals surface area contributed by atoms with Crippen molar-refractivity contribution < 1.29 is 14.1 Å². The molecule has 1 atom stereocenters. The van der Waals surface area contributed by atoms with Gasteiger partial charge in [0, 0.05) is 37.3 Å². The summed E-state index contributed by atoms with van der Waals surface area (Å²) in [5, 5.41) is 10.5. The molecule has 7 heteroatoms. The Hall–Kier alpha value is -2.02. The minimum atomic E-state index is -0.983. The number of hydrogen-bond acceptors (Lipinski definition) is 4. The van der Waals surface area contributed by atoms with E-state index in [0.29, 0.717) is 13.1 Å². The van der Waals surface area contributed by atoms with Crippen molar-refractivity contribution in [1.29, 1.82) is 0 Å². The average Bonchev–Trinajstić information content (AvgIpc) is 2.40. The molecule has 108 valence electrons. The largest absolute Gasteiger partial charge is 0.336 e. The summed E-state index contributed by atoms with van der Waals surface area (Å²) in [5.41, 5.74) is -0.474. The van der Waals surface area contributed by atoms with Crippen LogP contribution in [0.2, 0.25) is 0 Å². The van der Waals surface area contributed by atoms with Crippen molar-refractivity contribution in [2.75, 3.05) is 26.7 Å². The molecule has 2 rings (SSSR count). The minimum absolute atomic E-state index is 0.143. The number of halogens is 1. The number of benzene rings is 1. The monoisotopic (exact) mass is 281 g/mol. The van der Waals surface area contributed by atoms with Crippen LogP contribution in [0.5, 0.6) is 0 Å². The van der Waals surface area contributed by atoms with Gasteiger partial charge in [-0.2, -0.15) is 4.39 Å². The summed E-state index contributed by atoms with van der Waals surface area (Å²) in [6.45, 7) is 3.89. The lowest BCUT2D eigenvalue weighted by Crippen LogP contribution is -2.52. The fourth-order valence-corrected chi connectivity index (χ4v) is 2.20. The number of nitro benzene ring substituents is 1. The normalized spacial score (nSPS) is 19.9. The maximum Gasteiger partial charge on any atom is 0.304 e. The topological polar surface area (TPSA) is 66.7 Å². The van der Waals surface area contributed by atoms with Gasteiger partial charge in [-0.3, -0.25) is 14.9 Å². The van der Waals surface area contributed by atoms with Gasteiger partial charge in [0.05, 0.1) is 4.92 Å². The Balaban J connectivity index is 2.17. The Kier molecular flexibility index (Phi) is 3.99. The molecule has 1 aromatic rings. The number of nitro groups is 1. The third kappa shape index (κ3) is 2.77. The molecular formula is C13H16FN3O3. The second-order valence-corrected chi connectivity index (χ2v) is 5.00. The summed E-state index contributed by atoms with van der Waals surface area (Å²) >= 11 is 0. The van der Waals surface area contributed by atoms with Crippen molar-refractivity contribution in [2.24, 2.45) is 0 Å². The summed E-state index contributed by atoms with van der Waals surface area (Å²) in [7, 11) is 1.98. The predicted molar refractivity (Wildman–Crippen MR) is 71.0 cm³/mol. The number of carbonyl (C=O) groups excluding carboxylic acids is 1. The molecule has 0 radical (unpaired) electrons. The van der Waals surface area contributed by atoms with Gasteiger partial charge < -0.3 is 9.80 Å². The van der Waals surface area contributed by atoms with Crippen LogP contribution in [0.3, 0.4) is 0 Å². The molecule has 1 heterocycles. The lowest BCUT2D eigenvalue weighted by molar-refractivity contribution is -0.387. The van der Waals surface area contributed by atoms with E-state index in [4.69, 9.17) is 0 Å². The van der Waals surface area contributed by atoms with Crippen molar-refractivity contribution in [3.63, 3.8) is 0 Å². The minimum Gasteiger partial charge on any atom is -0.336 e. The van der Waals surface area contributed by atoms with Crippen LogP contribution in [-0.2, 0) is 0 Å². The number of carbonyl (C=O) groups is 1. The van der Waals surface area contributed by atoms with Gasteiger partial charge in [-0.1, -0.05) is 0 Å². The van der Waals surface area contributed by atoms with Crippen LogP contribution in [0.1, 0.15) is 17.3 Å². The van der Waals surface area contributed by atoms with E-state index in [-0.39, 0.29) is 17.5 Å². The molecule has 1 amide bonds. The highest BCUT2D eigenvalue weighted by Crippen LogP contribution is 2.20. The molecular weight excluding hydrogens is 265 g/mol. The molecule has 0 N–H and O–H groups in total. The quantitative estimate of drug-likeness (QED) is 0.609. The lowest BCUT2D eigenvalue weighted by atomic mass is 10.1. The molecule has 0 saturated carbocycles. The van der Waals surface area contributed by atoms with Crippen LogP contribution < -0.4 is 0 Å². The average molecular weight is 281 g/mol. The van der Waals surface area contributed by atoms with Crippen LogP contribution in [0, 0.1) is 15.9 Å². The number of rotatable bonds is 2. The number of nitrogens with zero attached hydrogens (tertiary/aromatic N) is 3. The molecule has 0 bridgehead atoms. The maximum atomic E-state index is 13.5. The summed E-state index contributed by atoms with van der Waals surface area (Å²) in [4.78, 5) is 25.8. The number of piperazine rings is 1. The number of amides is 1. The number of hydrogen-bond donors (Lipinski definition) is 0. The fraction of sp³-hybridized carbons (Fsp3) is 0.462.